The Morgan fingerprint density at radius 1 is 1.39 bits per heavy atom. The van der Waals surface area contributed by atoms with E-state index in [2.05, 4.69) is 22.7 Å². The van der Waals surface area contributed by atoms with Crippen LogP contribution >= 0.6 is 23.5 Å². The molecule has 0 unspecified atom stereocenters. The molecule has 1 fully saturated rings. The summed E-state index contributed by atoms with van der Waals surface area (Å²) in [7, 11) is 0. The molecule has 0 bridgehead atoms. The summed E-state index contributed by atoms with van der Waals surface area (Å²) in [5, 5.41) is 1.72. The van der Waals surface area contributed by atoms with Gasteiger partial charge in [-0.3, -0.25) is 4.98 Å². The van der Waals surface area contributed by atoms with E-state index in [0.29, 0.717) is 0 Å². The van der Waals surface area contributed by atoms with Crippen LogP contribution in [0, 0.1) is 0 Å². The number of halogens is 1. The number of hydrogen-bond donors (Lipinski definition) is 1. The Kier molecular flexibility index (Phi) is 3.20. The van der Waals surface area contributed by atoms with Gasteiger partial charge in [-0.2, -0.15) is 0 Å². The lowest BCUT2D eigenvalue weighted by atomic mass is 10.0. The Hall–Kier alpha value is -0.810. The number of benzene rings is 1. The largest absolute Gasteiger partial charge is 0.377 e. The first-order valence-electron chi connectivity index (χ1n) is 5.72. The van der Waals surface area contributed by atoms with Gasteiger partial charge in [-0.1, -0.05) is 11.6 Å². The number of nitrogens with zero attached hydrogens (tertiary/aromatic N) is 1. The molecule has 0 spiro atoms. The standard InChI is InChI=1S/C13H13ClN2OS/c1-13(7-17-8-13)16-18-9-2-3-12-10(6-9)11(14)4-5-15-12/h2-6,16H,7-8H2,1H3. The van der Waals surface area contributed by atoms with Gasteiger partial charge >= 0.3 is 0 Å². The van der Waals surface area contributed by atoms with Gasteiger partial charge in [0, 0.05) is 16.5 Å². The van der Waals surface area contributed by atoms with Gasteiger partial charge in [-0.05, 0) is 43.1 Å². The molecule has 18 heavy (non-hydrogen) atoms. The highest BCUT2D eigenvalue weighted by atomic mass is 35.5. The fourth-order valence-corrected chi connectivity index (χ4v) is 2.81. The fourth-order valence-electron chi connectivity index (χ4n) is 1.80. The summed E-state index contributed by atoms with van der Waals surface area (Å²) in [6, 6.07) is 7.91. The molecule has 94 valence electrons. The Morgan fingerprint density at radius 2 is 2.22 bits per heavy atom. The van der Waals surface area contributed by atoms with Gasteiger partial charge in [0.2, 0.25) is 0 Å². The van der Waals surface area contributed by atoms with Crippen molar-refractivity contribution in [3.8, 4) is 0 Å². The van der Waals surface area contributed by atoms with Crippen molar-refractivity contribution < 1.29 is 4.74 Å². The zero-order valence-electron chi connectivity index (χ0n) is 9.94. The van der Waals surface area contributed by atoms with E-state index in [0.717, 1.165) is 34.0 Å². The highest BCUT2D eigenvalue weighted by Crippen LogP contribution is 2.28. The normalized spacial score (nSPS) is 17.7. The Bertz CT molecular complexity index is 586. The van der Waals surface area contributed by atoms with E-state index in [1.165, 1.54) is 0 Å². The molecule has 0 amide bonds. The van der Waals surface area contributed by atoms with Crippen molar-refractivity contribution in [1.29, 1.82) is 0 Å². The Labute approximate surface area is 115 Å². The van der Waals surface area contributed by atoms with Crippen LogP contribution in [0.15, 0.2) is 35.4 Å². The molecule has 2 heterocycles. The minimum absolute atomic E-state index is 0.0817. The van der Waals surface area contributed by atoms with Gasteiger partial charge in [-0.15, -0.1) is 0 Å². The fraction of sp³-hybridized carbons (Fsp3) is 0.308. The summed E-state index contributed by atoms with van der Waals surface area (Å²) in [5.41, 5.74) is 1.00. The third-order valence-corrected chi connectivity index (χ3v) is 4.33. The molecular formula is C13H13ClN2OS. The van der Waals surface area contributed by atoms with E-state index < -0.39 is 0 Å². The number of ether oxygens (including phenoxy) is 1. The highest BCUT2D eigenvalue weighted by Gasteiger charge is 2.33. The third kappa shape index (κ3) is 2.34. The lowest BCUT2D eigenvalue weighted by Gasteiger charge is -2.38. The third-order valence-electron chi connectivity index (χ3n) is 2.92. The van der Waals surface area contributed by atoms with Crippen molar-refractivity contribution in [3.05, 3.63) is 35.5 Å². The monoisotopic (exact) mass is 280 g/mol. The molecule has 5 heteroatoms. The van der Waals surface area contributed by atoms with Gasteiger partial charge in [0.25, 0.3) is 0 Å². The van der Waals surface area contributed by atoms with Gasteiger partial charge in [0.15, 0.2) is 0 Å². The summed E-state index contributed by atoms with van der Waals surface area (Å²) in [5.74, 6) is 0. The van der Waals surface area contributed by atoms with Gasteiger partial charge < -0.3 is 4.74 Å². The summed E-state index contributed by atoms with van der Waals surface area (Å²) in [6.07, 6.45) is 1.72. The molecule has 1 N–H and O–H groups in total. The van der Waals surface area contributed by atoms with Crippen LogP contribution in [0.3, 0.4) is 0 Å². The molecule has 1 aliphatic rings. The van der Waals surface area contributed by atoms with Gasteiger partial charge in [-0.25, -0.2) is 4.72 Å². The number of nitrogens with one attached hydrogen (secondary N) is 1. The minimum Gasteiger partial charge on any atom is -0.377 e. The van der Waals surface area contributed by atoms with Crippen LogP contribution in [0.2, 0.25) is 5.02 Å². The molecule has 3 rings (SSSR count). The van der Waals surface area contributed by atoms with E-state index >= 15 is 0 Å². The zero-order valence-corrected chi connectivity index (χ0v) is 11.5. The van der Waals surface area contributed by atoms with Crippen LogP contribution < -0.4 is 4.72 Å². The second-order valence-electron chi connectivity index (χ2n) is 4.73. The van der Waals surface area contributed by atoms with E-state index in [1.807, 2.05) is 18.2 Å². The van der Waals surface area contributed by atoms with E-state index in [9.17, 15) is 0 Å². The molecule has 1 saturated heterocycles. The maximum atomic E-state index is 6.17. The first-order valence-corrected chi connectivity index (χ1v) is 6.92. The average molecular weight is 281 g/mol. The molecule has 0 atom stereocenters. The first-order chi connectivity index (χ1) is 8.66. The number of aromatic nitrogens is 1. The summed E-state index contributed by atoms with van der Waals surface area (Å²) >= 11 is 7.78. The van der Waals surface area contributed by atoms with Crippen molar-refractivity contribution in [3.63, 3.8) is 0 Å². The molecule has 0 saturated carbocycles. The molecule has 1 aromatic heterocycles. The van der Waals surface area contributed by atoms with E-state index in [4.69, 9.17) is 16.3 Å². The second-order valence-corrected chi connectivity index (χ2v) is 6.02. The molecule has 1 aliphatic heterocycles. The topological polar surface area (TPSA) is 34.2 Å². The lowest BCUT2D eigenvalue weighted by molar-refractivity contribution is -0.0510. The second kappa shape index (κ2) is 4.70. The minimum atomic E-state index is 0.0817. The smallest absolute Gasteiger partial charge is 0.0724 e. The van der Waals surface area contributed by atoms with Crippen LogP contribution in [0.4, 0.5) is 0 Å². The van der Waals surface area contributed by atoms with Crippen molar-refractivity contribution in [2.24, 2.45) is 0 Å². The summed E-state index contributed by atoms with van der Waals surface area (Å²) < 4.78 is 8.63. The van der Waals surface area contributed by atoms with Crippen LogP contribution in [0.5, 0.6) is 0 Å². The van der Waals surface area contributed by atoms with Crippen molar-refractivity contribution in [1.82, 2.24) is 9.71 Å². The van der Waals surface area contributed by atoms with Crippen molar-refractivity contribution >= 4 is 34.5 Å². The summed E-state index contributed by atoms with van der Waals surface area (Å²) in [4.78, 5) is 5.42. The maximum absolute atomic E-state index is 6.17. The van der Waals surface area contributed by atoms with Crippen LogP contribution in [0.25, 0.3) is 10.9 Å². The summed E-state index contributed by atoms with van der Waals surface area (Å²) in [6.45, 7) is 3.67. The number of pyridine rings is 1. The first kappa shape index (κ1) is 12.2. The number of hydrogen-bond acceptors (Lipinski definition) is 4. The average Bonchev–Trinajstić information content (AvgIpc) is 2.35. The van der Waals surface area contributed by atoms with Crippen molar-refractivity contribution in [2.45, 2.75) is 17.4 Å². The van der Waals surface area contributed by atoms with E-state index in [-0.39, 0.29) is 5.54 Å². The highest BCUT2D eigenvalue weighted by molar-refractivity contribution is 7.97. The Morgan fingerprint density at radius 3 is 2.94 bits per heavy atom. The number of rotatable bonds is 3. The molecular weight excluding hydrogens is 268 g/mol. The van der Waals surface area contributed by atoms with Crippen molar-refractivity contribution in [2.75, 3.05) is 13.2 Å². The molecule has 3 nitrogen and oxygen atoms in total. The van der Waals surface area contributed by atoms with E-state index in [1.54, 1.807) is 18.1 Å². The predicted octanol–water partition coefficient (Wildman–Crippen LogP) is 3.27. The van der Waals surface area contributed by atoms with Gasteiger partial charge in [0.1, 0.15) is 0 Å². The SMILES string of the molecule is CC1(NSc2ccc3nccc(Cl)c3c2)COC1. The zero-order chi connectivity index (χ0) is 12.6. The maximum Gasteiger partial charge on any atom is 0.0724 e. The van der Waals surface area contributed by atoms with Crippen LogP contribution in [0.1, 0.15) is 6.92 Å². The Balaban J connectivity index is 1.82. The van der Waals surface area contributed by atoms with Crippen LogP contribution in [-0.4, -0.2) is 23.7 Å². The molecule has 0 aliphatic carbocycles. The quantitative estimate of drug-likeness (QED) is 0.875. The molecule has 0 radical (unpaired) electrons. The predicted molar refractivity (Wildman–Crippen MR) is 75.0 cm³/mol. The van der Waals surface area contributed by atoms with Gasteiger partial charge in [0.05, 0.1) is 29.3 Å². The lowest BCUT2D eigenvalue weighted by Crippen LogP contribution is -2.55. The number of fused-ring (bicyclic) bond motifs is 1. The molecule has 2 aromatic rings. The molecule has 1 aromatic carbocycles. The van der Waals surface area contributed by atoms with Crippen LogP contribution in [-0.2, 0) is 4.74 Å².